The molecule has 0 amide bonds. The van der Waals surface area contributed by atoms with Crippen molar-refractivity contribution in [3.8, 4) is 5.75 Å². The fourth-order valence-electron chi connectivity index (χ4n) is 2.15. The van der Waals surface area contributed by atoms with Gasteiger partial charge in [0.1, 0.15) is 5.75 Å². The Morgan fingerprint density at radius 1 is 1.19 bits per heavy atom. The number of nitrogens with one attached hydrogen (secondary N) is 1. The highest BCUT2D eigenvalue weighted by Gasteiger charge is 2.20. The van der Waals surface area contributed by atoms with Crippen molar-refractivity contribution in [3.63, 3.8) is 0 Å². The van der Waals surface area contributed by atoms with E-state index in [2.05, 4.69) is 23.5 Å². The first kappa shape index (κ1) is 14.8. The topological polar surface area (TPSA) is 21.3 Å². The molecule has 0 spiro atoms. The van der Waals surface area contributed by atoms with Gasteiger partial charge in [-0.1, -0.05) is 35.5 Å². The Hall–Kier alpha value is -1.16. The van der Waals surface area contributed by atoms with Crippen LogP contribution in [0.2, 0.25) is 5.02 Å². The van der Waals surface area contributed by atoms with Gasteiger partial charge in [-0.25, -0.2) is 0 Å². The van der Waals surface area contributed by atoms with Crippen LogP contribution in [0.15, 0.2) is 52.3 Å². The first-order chi connectivity index (χ1) is 10.3. The Bertz CT molecular complexity index is 628. The molecule has 1 aliphatic rings. The molecule has 2 aromatic rings. The Kier molecular flexibility index (Phi) is 4.73. The molecule has 110 valence electrons. The summed E-state index contributed by atoms with van der Waals surface area (Å²) in [6.45, 7) is 0.864. The molecule has 0 bridgehead atoms. The molecule has 0 aromatic heterocycles. The molecule has 2 nitrogen and oxygen atoms in total. The number of halogens is 1. The van der Waals surface area contributed by atoms with E-state index in [1.54, 1.807) is 18.9 Å². The molecule has 0 atom stereocenters. The van der Waals surface area contributed by atoms with Crippen molar-refractivity contribution in [2.45, 2.75) is 35.2 Å². The third-order valence-corrected chi connectivity index (χ3v) is 4.88. The maximum atomic E-state index is 6.15. The second kappa shape index (κ2) is 6.73. The lowest BCUT2D eigenvalue weighted by atomic mass is 10.2. The van der Waals surface area contributed by atoms with E-state index in [4.69, 9.17) is 16.3 Å². The summed E-state index contributed by atoms with van der Waals surface area (Å²) in [5.41, 5.74) is 1.24. The summed E-state index contributed by atoms with van der Waals surface area (Å²) in [5, 5.41) is 4.34. The molecule has 4 heteroatoms. The van der Waals surface area contributed by atoms with Gasteiger partial charge in [0.2, 0.25) is 0 Å². The van der Waals surface area contributed by atoms with E-state index < -0.39 is 0 Å². The molecule has 2 aromatic carbocycles. The van der Waals surface area contributed by atoms with E-state index in [-0.39, 0.29) is 0 Å². The second-order valence-electron chi connectivity index (χ2n) is 5.16. The molecule has 0 unspecified atom stereocenters. The summed E-state index contributed by atoms with van der Waals surface area (Å²) >= 11 is 7.87. The Morgan fingerprint density at radius 3 is 2.76 bits per heavy atom. The predicted molar refractivity (Wildman–Crippen MR) is 88.4 cm³/mol. The molecule has 1 fully saturated rings. The normalized spacial score (nSPS) is 14.2. The van der Waals surface area contributed by atoms with Crippen LogP contribution in [-0.2, 0) is 6.54 Å². The lowest BCUT2D eigenvalue weighted by Crippen LogP contribution is -2.15. The average Bonchev–Trinajstić information content (AvgIpc) is 3.32. The fourth-order valence-corrected chi connectivity index (χ4v) is 3.38. The zero-order valence-corrected chi connectivity index (χ0v) is 13.5. The van der Waals surface area contributed by atoms with Crippen LogP contribution >= 0.6 is 23.4 Å². The molecule has 1 aliphatic carbocycles. The Morgan fingerprint density at radius 2 is 2.00 bits per heavy atom. The van der Waals surface area contributed by atoms with Gasteiger partial charge < -0.3 is 10.1 Å². The van der Waals surface area contributed by atoms with Crippen LogP contribution in [0.25, 0.3) is 0 Å². The van der Waals surface area contributed by atoms with E-state index in [1.165, 1.54) is 23.3 Å². The van der Waals surface area contributed by atoms with Crippen LogP contribution in [0.4, 0.5) is 0 Å². The van der Waals surface area contributed by atoms with Crippen LogP contribution < -0.4 is 10.1 Å². The van der Waals surface area contributed by atoms with Gasteiger partial charge in [0.05, 0.1) is 12.0 Å². The largest absolute Gasteiger partial charge is 0.496 e. The number of rotatable bonds is 6. The SMILES string of the molecule is COc1ccccc1Sc1ccc(Cl)cc1CNC1CC1. The summed E-state index contributed by atoms with van der Waals surface area (Å²) in [5.74, 6) is 0.901. The summed E-state index contributed by atoms with van der Waals surface area (Å²) in [6.07, 6.45) is 2.57. The number of methoxy groups -OCH3 is 1. The van der Waals surface area contributed by atoms with E-state index in [1.807, 2.05) is 24.3 Å². The van der Waals surface area contributed by atoms with Gasteiger partial charge in [0, 0.05) is 22.5 Å². The van der Waals surface area contributed by atoms with Gasteiger partial charge in [-0.05, 0) is 48.7 Å². The lowest BCUT2D eigenvalue weighted by molar-refractivity contribution is 0.405. The highest BCUT2D eigenvalue weighted by molar-refractivity contribution is 7.99. The van der Waals surface area contributed by atoms with Crippen molar-refractivity contribution in [2.24, 2.45) is 0 Å². The quantitative estimate of drug-likeness (QED) is 0.830. The smallest absolute Gasteiger partial charge is 0.132 e. The van der Waals surface area contributed by atoms with Crippen LogP contribution in [-0.4, -0.2) is 13.2 Å². The number of benzene rings is 2. The summed E-state index contributed by atoms with van der Waals surface area (Å²) in [4.78, 5) is 2.34. The highest BCUT2D eigenvalue weighted by Crippen LogP contribution is 2.37. The average molecular weight is 320 g/mol. The summed E-state index contributed by atoms with van der Waals surface area (Å²) in [6, 6.07) is 14.9. The molecule has 3 rings (SSSR count). The van der Waals surface area contributed by atoms with Gasteiger partial charge in [-0.2, -0.15) is 0 Å². The first-order valence-electron chi connectivity index (χ1n) is 7.09. The molecule has 0 aliphatic heterocycles. The fraction of sp³-hybridized carbons (Fsp3) is 0.294. The molecule has 1 saturated carbocycles. The van der Waals surface area contributed by atoms with Crippen molar-refractivity contribution in [1.29, 1.82) is 0 Å². The van der Waals surface area contributed by atoms with Gasteiger partial charge in [-0.3, -0.25) is 0 Å². The Balaban J connectivity index is 1.82. The van der Waals surface area contributed by atoms with Crippen molar-refractivity contribution in [3.05, 3.63) is 53.1 Å². The van der Waals surface area contributed by atoms with Crippen LogP contribution in [0.5, 0.6) is 5.75 Å². The minimum absolute atomic E-state index is 0.688. The number of ether oxygens (including phenoxy) is 1. The van der Waals surface area contributed by atoms with Gasteiger partial charge in [0.15, 0.2) is 0 Å². The zero-order valence-electron chi connectivity index (χ0n) is 11.9. The van der Waals surface area contributed by atoms with E-state index >= 15 is 0 Å². The minimum atomic E-state index is 0.688. The zero-order chi connectivity index (χ0) is 14.7. The number of hydrogen-bond acceptors (Lipinski definition) is 3. The molecule has 21 heavy (non-hydrogen) atoms. The van der Waals surface area contributed by atoms with E-state index in [0.29, 0.717) is 6.04 Å². The molecule has 0 saturated heterocycles. The number of hydrogen-bond donors (Lipinski definition) is 1. The van der Waals surface area contributed by atoms with Crippen molar-refractivity contribution >= 4 is 23.4 Å². The molecule has 1 N–H and O–H groups in total. The molecular formula is C17H18ClNOS. The highest BCUT2D eigenvalue weighted by atomic mass is 35.5. The summed E-state index contributed by atoms with van der Waals surface area (Å²) < 4.78 is 5.43. The monoisotopic (exact) mass is 319 g/mol. The summed E-state index contributed by atoms with van der Waals surface area (Å²) in [7, 11) is 1.71. The van der Waals surface area contributed by atoms with Crippen LogP contribution in [0, 0.1) is 0 Å². The molecule has 0 heterocycles. The maximum absolute atomic E-state index is 6.15. The second-order valence-corrected chi connectivity index (χ2v) is 6.68. The third kappa shape index (κ3) is 3.94. The number of para-hydroxylation sites is 1. The van der Waals surface area contributed by atoms with Crippen molar-refractivity contribution in [2.75, 3.05) is 7.11 Å². The third-order valence-electron chi connectivity index (χ3n) is 3.47. The minimum Gasteiger partial charge on any atom is -0.496 e. The maximum Gasteiger partial charge on any atom is 0.132 e. The van der Waals surface area contributed by atoms with Crippen molar-refractivity contribution < 1.29 is 4.74 Å². The van der Waals surface area contributed by atoms with Crippen molar-refractivity contribution in [1.82, 2.24) is 5.32 Å². The Labute approximate surface area is 134 Å². The van der Waals surface area contributed by atoms with E-state index in [9.17, 15) is 0 Å². The molecule has 0 radical (unpaired) electrons. The van der Waals surface area contributed by atoms with Crippen LogP contribution in [0.3, 0.4) is 0 Å². The molecular weight excluding hydrogens is 302 g/mol. The standard InChI is InChI=1S/C17H18ClNOS/c1-20-15-4-2-3-5-17(15)21-16-9-6-13(18)10-12(16)11-19-14-7-8-14/h2-6,9-10,14,19H,7-8,11H2,1H3. The van der Waals surface area contributed by atoms with Gasteiger partial charge in [0.25, 0.3) is 0 Å². The van der Waals surface area contributed by atoms with E-state index in [0.717, 1.165) is 22.2 Å². The van der Waals surface area contributed by atoms with Gasteiger partial charge in [-0.15, -0.1) is 0 Å². The first-order valence-corrected chi connectivity index (χ1v) is 8.28. The van der Waals surface area contributed by atoms with Crippen LogP contribution in [0.1, 0.15) is 18.4 Å². The predicted octanol–water partition coefficient (Wildman–Crippen LogP) is 4.75. The lowest BCUT2D eigenvalue weighted by Gasteiger charge is -2.12. The van der Waals surface area contributed by atoms with Gasteiger partial charge >= 0.3 is 0 Å².